The standard InChI is InChI=1S/C46H61Cl2N7O8S/c47-31-14-20-35(21-15-31)62-28-42(57)49-32-16-18-33(19-17-32)50-43(58)29-63-36-22-23-38(48)37(26-36)39-27-55(54-53-39)24-8-3-5-13-44(59)61-25-9-2-1-4-10-34(56)11-6-7-12-41-45-40(30-64-41)51-46(60)52-45/h14-15,20-23,26-27,32-33,40-41,45H,1-13,16-19,24-25,28-30H2,(H,49,57)(H,50,58)(H2,51,52,60)/t32?,33?,40-,41+,45-/m0/s1. The normalized spacial score (nSPS) is 20.2. The number of carbonyl (C=O) groups excluding carboxylic acids is 5. The number of benzene rings is 2. The quantitative estimate of drug-likeness (QED) is 0.0334. The Balaban J connectivity index is 0.754. The van der Waals surface area contributed by atoms with Crippen molar-refractivity contribution in [3.05, 3.63) is 58.7 Å². The van der Waals surface area contributed by atoms with Crippen molar-refractivity contribution in [2.45, 2.75) is 145 Å². The molecule has 3 heterocycles. The number of thioether (sulfide) groups is 1. The Bertz CT molecular complexity index is 2000. The van der Waals surface area contributed by atoms with Crippen LogP contribution in [-0.2, 0) is 30.5 Å². The predicted molar refractivity (Wildman–Crippen MR) is 247 cm³/mol. The highest BCUT2D eigenvalue weighted by atomic mass is 35.5. The van der Waals surface area contributed by atoms with Gasteiger partial charge in [-0.05, 0) is 107 Å². The van der Waals surface area contributed by atoms with Crippen LogP contribution >= 0.6 is 35.0 Å². The lowest BCUT2D eigenvalue weighted by Crippen LogP contribution is -2.45. The average molecular weight is 943 g/mol. The molecule has 6 rings (SSSR count). The molecule has 348 valence electrons. The zero-order valence-corrected chi connectivity index (χ0v) is 38.7. The number of urea groups is 1. The minimum absolute atomic E-state index is 0.00358. The maximum atomic E-state index is 12.8. The number of halogens is 2. The summed E-state index contributed by atoms with van der Waals surface area (Å²) in [5, 5.41) is 22.1. The Morgan fingerprint density at radius 2 is 1.41 bits per heavy atom. The van der Waals surface area contributed by atoms with Crippen LogP contribution in [0.1, 0.15) is 109 Å². The summed E-state index contributed by atoms with van der Waals surface area (Å²) in [5.74, 6) is 1.73. The van der Waals surface area contributed by atoms with Crippen LogP contribution in [0.5, 0.6) is 11.5 Å². The molecule has 64 heavy (non-hydrogen) atoms. The first-order chi connectivity index (χ1) is 31.1. The van der Waals surface area contributed by atoms with Gasteiger partial charge in [-0.25, -0.2) is 4.79 Å². The molecule has 15 nitrogen and oxygen atoms in total. The van der Waals surface area contributed by atoms with Crippen molar-refractivity contribution < 1.29 is 38.2 Å². The fourth-order valence-electron chi connectivity index (χ4n) is 8.26. The van der Waals surface area contributed by atoms with Crippen molar-refractivity contribution >= 4 is 64.6 Å². The molecule has 3 atom stereocenters. The van der Waals surface area contributed by atoms with Gasteiger partial charge in [-0.3, -0.25) is 23.9 Å². The molecule has 0 radical (unpaired) electrons. The molecule has 3 fully saturated rings. The molecule has 4 amide bonds. The Kier molecular flexibility index (Phi) is 19.7. The van der Waals surface area contributed by atoms with Crippen molar-refractivity contribution in [1.82, 2.24) is 36.3 Å². The van der Waals surface area contributed by atoms with Crippen LogP contribution in [0.2, 0.25) is 10.0 Å². The molecule has 3 aromatic rings. The average Bonchev–Trinajstić information content (AvgIpc) is 4.01. The van der Waals surface area contributed by atoms with Crippen LogP contribution in [0.4, 0.5) is 4.79 Å². The lowest BCUT2D eigenvalue weighted by Gasteiger charge is -2.29. The zero-order chi connectivity index (χ0) is 45.1. The van der Waals surface area contributed by atoms with E-state index in [1.807, 2.05) is 18.0 Å². The van der Waals surface area contributed by atoms with Crippen LogP contribution < -0.4 is 30.7 Å². The van der Waals surface area contributed by atoms with Crippen molar-refractivity contribution in [3.8, 4) is 22.8 Å². The van der Waals surface area contributed by atoms with E-state index in [1.54, 1.807) is 47.1 Å². The maximum Gasteiger partial charge on any atom is 0.315 e. The summed E-state index contributed by atoms with van der Waals surface area (Å²) < 4.78 is 18.5. The third-order valence-corrected chi connectivity index (χ3v) is 13.9. The van der Waals surface area contributed by atoms with Gasteiger partial charge in [-0.1, -0.05) is 54.1 Å². The van der Waals surface area contributed by atoms with Gasteiger partial charge in [0.15, 0.2) is 13.2 Å². The predicted octanol–water partition coefficient (Wildman–Crippen LogP) is 7.60. The Morgan fingerprint density at radius 1 is 0.766 bits per heavy atom. The number of hydrogen-bond acceptors (Lipinski definition) is 11. The third kappa shape index (κ3) is 16.5. The van der Waals surface area contributed by atoms with Crippen molar-refractivity contribution in [2.24, 2.45) is 0 Å². The van der Waals surface area contributed by atoms with Crippen molar-refractivity contribution in [2.75, 3.05) is 25.6 Å². The van der Waals surface area contributed by atoms with Gasteiger partial charge in [0.1, 0.15) is 23.0 Å². The van der Waals surface area contributed by atoms with E-state index in [1.165, 1.54) is 0 Å². The number of nitrogens with one attached hydrogen (secondary N) is 4. The van der Waals surface area contributed by atoms with Gasteiger partial charge >= 0.3 is 12.0 Å². The Morgan fingerprint density at radius 3 is 2.14 bits per heavy atom. The zero-order valence-electron chi connectivity index (χ0n) is 36.3. The smallest absolute Gasteiger partial charge is 0.315 e. The summed E-state index contributed by atoms with van der Waals surface area (Å²) in [6, 6.07) is 12.4. The topological polar surface area (TPSA) is 192 Å². The van der Waals surface area contributed by atoms with Crippen LogP contribution in [0.3, 0.4) is 0 Å². The van der Waals surface area contributed by atoms with E-state index in [2.05, 4.69) is 31.6 Å². The monoisotopic (exact) mass is 941 g/mol. The number of Topliss-reactive ketones (excluding diaryl/α,β-unsaturated/α-hetero) is 1. The molecule has 2 aromatic carbocycles. The number of hydrogen-bond donors (Lipinski definition) is 4. The second-order valence-corrected chi connectivity index (χ2v) is 18.9. The summed E-state index contributed by atoms with van der Waals surface area (Å²) in [7, 11) is 0. The van der Waals surface area contributed by atoms with Gasteiger partial charge in [-0.2, -0.15) is 11.8 Å². The highest BCUT2D eigenvalue weighted by Gasteiger charge is 2.42. The van der Waals surface area contributed by atoms with E-state index in [0.29, 0.717) is 76.2 Å². The summed E-state index contributed by atoms with van der Waals surface area (Å²) in [5.41, 5.74) is 1.22. The summed E-state index contributed by atoms with van der Waals surface area (Å²) in [4.78, 5) is 61.2. The molecule has 2 aliphatic heterocycles. The number of nitrogens with zero attached hydrogens (tertiary/aromatic N) is 3. The first kappa shape index (κ1) is 48.9. The lowest BCUT2D eigenvalue weighted by atomic mass is 9.91. The van der Waals surface area contributed by atoms with E-state index < -0.39 is 0 Å². The minimum Gasteiger partial charge on any atom is -0.484 e. The lowest BCUT2D eigenvalue weighted by molar-refractivity contribution is -0.144. The summed E-state index contributed by atoms with van der Waals surface area (Å²) in [6.07, 6.45) is 15.2. The molecule has 1 aromatic heterocycles. The third-order valence-electron chi connectivity index (χ3n) is 11.8. The number of aryl methyl sites for hydroxylation is 1. The van der Waals surface area contributed by atoms with Gasteiger partial charge < -0.3 is 35.5 Å². The molecule has 0 unspecified atom stereocenters. The molecular weight excluding hydrogens is 882 g/mol. The van der Waals surface area contributed by atoms with Gasteiger partial charge in [0.25, 0.3) is 11.8 Å². The van der Waals surface area contributed by atoms with Crippen LogP contribution in [0, 0.1) is 0 Å². The Hall–Kier alpha value is -4.54. The van der Waals surface area contributed by atoms with Crippen LogP contribution in [0.15, 0.2) is 48.7 Å². The molecule has 1 aliphatic carbocycles. The molecule has 0 spiro atoms. The van der Waals surface area contributed by atoms with Crippen LogP contribution in [0.25, 0.3) is 11.3 Å². The number of ether oxygens (including phenoxy) is 3. The van der Waals surface area contributed by atoms with E-state index in [4.69, 9.17) is 37.4 Å². The summed E-state index contributed by atoms with van der Waals surface area (Å²) >= 11 is 14.3. The number of esters is 1. The van der Waals surface area contributed by atoms with Crippen molar-refractivity contribution in [3.63, 3.8) is 0 Å². The van der Waals surface area contributed by atoms with Crippen molar-refractivity contribution in [1.29, 1.82) is 0 Å². The van der Waals surface area contributed by atoms with Gasteiger partial charge in [0.2, 0.25) is 0 Å². The van der Waals surface area contributed by atoms with Crippen LogP contribution in [-0.4, -0.2) is 99.6 Å². The molecular formula is C46H61Cl2N7O8S. The van der Waals surface area contributed by atoms with Gasteiger partial charge in [0.05, 0.1) is 29.9 Å². The highest BCUT2D eigenvalue weighted by Crippen LogP contribution is 2.33. The van der Waals surface area contributed by atoms with Gasteiger partial charge in [0, 0.05) is 59.5 Å². The number of rotatable bonds is 27. The van der Waals surface area contributed by atoms with E-state index in [9.17, 15) is 24.0 Å². The molecule has 0 bridgehead atoms. The fraction of sp³-hybridized carbons (Fsp3) is 0.587. The Labute approximate surface area is 389 Å². The number of aromatic nitrogens is 3. The fourth-order valence-corrected chi connectivity index (χ4v) is 10.1. The number of unbranched alkanes of at least 4 members (excludes halogenated alkanes) is 6. The number of ketones is 1. The number of fused-ring (bicyclic) bond motifs is 1. The largest absolute Gasteiger partial charge is 0.484 e. The minimum atomic E-state index is -0.229. The molecule has 3 aliphatic rings. The highest BCUT2D eigenvalue weighted by molar-refractivity contribution is 8.00. The molecule has 4 N–H and O–H groups in total. The SMILES string of the molecule is O=C(CCCCCCOC(=O)CCCCCn1cc(-c2cc(OCC(=O)NC3CCC(NC(=O)COc4ccc(Cl)cc4)CC3)ccc2Cl)nn1)CCCC[C@H]1SC[C@@H]2NC(=O)N[C@@H]21. The first-order valence-corrected chi connectivity index (χ1v) is 24.5. The first-order valence-electron chi connectivity index (χ1n) is 22.7. The van der Waals surface area contributed by atoms with E-state index >= 15 is 0 Å². The number of carbonyl (C=O) groups is 5. The maximum absolute atomic E-state index is 12.8. The second-order valence-electron chi connectivity index (χ2n) is 16.8. The van der Waals surface area contributed by atoms with E-state index in [-0.39, 0.29) is 61.2 Å². The molecule has 18 heteroatoms. The van der Waals surface area contributed by atoms with E-state index in [0.717, 1.165) is 95.6 Å². The molecule has 1 saturated carbocycles. The summed E-state index contributed by atoms with van der Waals surface area (Å²) in [6.45, 7) is 0.799. The van der Waals surface area contributed by atoms with Gasteiger partial charge in [-0.15, -0.1) is 5.10 Å². The second kappa shape index (κ2) is 25.8. The number of amides is 4. The molecule has 2 saturated heterocycles.